The number of hydrogen-bond acceptors (Lipinski definition) is 4. The normalized spacial score (nSPS) is 12.4. The number of hydrogen-bond donors (Lipinski definition) is 1. The predicted octanol–water partition coefficient (Wildman–Crippen LogP) is 3.08. The van der Waals surface area contributed by atoms with E-state index in [1.807, 2.05) is 33.8 Å². The van der Waals surface area contributed by atoms with Crippen LogP contribution in [0.3, 0.4) is 0 Å². The number of carboxylic acid groups (broad SMARTS) is 1. The number of nitrogens with zero attached hydrogens (tertiary/aromatic N) is 1. The Morgan fingerprint density at radius 3 is 2.23 bits per heavy atom. The lowest BCUT2D eigenvalue weighted by atomic mass is 10.00. The Kier molecular flexibility index (Phi) is 13.0. The summed E-state index contributed by atoms with van der Waals surface area (Å²) in [5.41, 5.74) is 3.44. The van der Waals surface area contributed by atoms with Gasteiger partial charge < -0.3 is 19.5 Å². The van der Waals surface area contributed by atoms with Crippen LogP contribution in [0.1, 0.15) is 43.9 Å². The van der Waals surface area contributed by atoms with Crippen molar-refractivity contribution in [1.82, 2.24) is 4.90 Å². The zero-order valence-electron chi connectivity index (χ0n) is 16.7. The van der Waals surface area contributed by atoms with E-state index in [1.165, 1.54) is 11.1 Å². The molecule has 1 aliphatic heterocycles. The van der Waals surface area contributed by atoms with Crippen molar-refractivity contribution in [3.63, 3.8) is 0 Å². The summed E-state index contributed by atoms with van der Waals surface area (Å²) in [6, 6.07) is 4.07. The van der Waals surface area contributed by atoms with Gasteiger partial charge in [-0.05, 0) is 49.4 Å². The minimum absolute atomic E-state index is 0.00452. The maximum absolute atomic E-state index is 10.8. The zero-order valence-corrected chi connectivity index (χ0v) is 16.7. The molecule has 1 aliphatic rings. The molecule has 2 rings (SSSR count). The third-order valence-electron chi connectivity index (χ3n) is 3.85. The predicted molar refractivity (Wildman–Crippen MR) is 103 cm³/mol. The number of amides is 1. The topological polar surface area (TPSA) is 76.1 Å². The Morgan fingerprint density at radius 1 is 1.23 bits per heavy atom. The van der Waals surface area contributed by atoms with Crippen LogP contribution in [0.4, 0.5) is 0 Å². The Morgan fingerprint density at radius 2 is 1.77 bits per heavy atom. The largest absolute Gasteiger partial charge is 0.493 e. The number of aliphatic carboxylic acids is 1. The number of rotatable bonds is 6. The third-order valence-corrected chi connectivity index (χ3v) is 3.85. The number of carbonyl (C=O) groups is 2. The summed E-state index contributed by atoms with van der Waals surface area (Å²) >= 11 is 0. The minimum Gasteiger partial charge on any atom is -0.493 e. The Balaban J connectivity index is 0.000000920. The standard InChI is InChI=1S/C15H19NO4.C3H8O.C2H6/c1-11-8-12-2-5-16(10-17)6-3-13(12)9-14(11)20-7-4-15(18)19;1-3-4-2;1-2/h8-10H,2-7H2,1H3,(H,18,19);3H2,1-2H3;1-2H3. The van der Waals surface area contributed by atoms with Gasteiger partial charge >= 0.3 is 5.97 Å². The van der Waals surface area contributed by atoms with Crippen LogP contribution in [0.25, 0.3) is 0 Å². The average Bonchev–Trinajstić information content (AvgIpc) is 2.85. The number of carbonyl (C=O) groups excluding carboxylic acids is 1. The highest BCUT2D eigenvalue weighted by Gasteiger charge is 2.15. The zero-order chi connectivity index (χ0) is 19.9. The molecule has 1 aromatic carbocycles. The van der Waals surface area contributed by atoms with Crippen LogP contribution in [0, 0.1) is 6.92 Å². The first-order chi connectivity index (χ1) is 12.5. The van der Waals surface area contributed by atoms with Crippen LogP contribution >= 0.6 is 0 Å². The number of benzene rings is 1. The van der Waals surface area contributed by atoms with Gasteiger partial charge in [-0.15, -0.1) is 0 Å². The molecule has 0 spiro atoms. The van der Waals surface area contributed by atoms with Crippen molar-refractivity contribution >= 4 is 12.4 Å². The highest BCUT2D eigenvalue weighted by molar-refractivity contribution is 5.66. The van der Waals surface area contributed by atoms with Gasteiger partial charge in [0.05, 0.1) is 13.0 Å². The molecule has 0 atom stereocenters. The molecule has 0 aliphatic carbocycles. The molecule has 0 fully saturated rings. The van der Waals surface area contributed by atoms with Crippen molar-refractivity contribution in [3.8, 4) is 5.75 Å². The SMILES string of the molecule is CC.CCOC.Cc1cc2c(cc1OCCC(=O)O)CCN(C=O)CC2. The molecule has 0 aromatic heterocycles. The molecule has 0 unspecified atom stereocenters. The van der Waals surface area contributed by atoms with Crippen molar-refractivity contribution in [3.05, 3.63) is 28.8 Å². The summed E-state index contributed by atoms with van der Waals surface area (Å²) in [4.78, 5) is 23.1. The molecular formula is C20H33NO5. The lowest BCUT2D eigenvalue weighted by Gasteiger charge is -2.13. The highest BCUT2D eigenvalue weighted by Crippen LogP contribution is 2.26. The lowest BCUT2D eigenvalue weighted by Crippen LogP contribution is -2.24. The van der Waals surface area contributed by atoms with E-state index < -0.39 is 5.97 Å². The number of fused-ring (bicyclic) bond motifs is 1. The Labute approximate surface area is 157 Å². The molecule has 6 nitrogen and oxygen atoms in total. The molecule has 0 saturated heterocycles. The minimum atomic E-state index is -0.862. The quantitative estimate of drug-likeness (QED) is 0.782. The molecule has 0 bridgehead atoms. The second kappa shape index (κ2) is 14.1. The smallest absolute Gasteiger partial charge is 0.306 e. The first-order valence-electron chi connectivity index (χ1n) is 9.17. The van der Waals surface area contributed by atoms with Gasteiger partial charge in [-0.1, -0.05) is 19.9 Å². The molecule has 0 saturated carbocycles. The van der Waals surface area contributed by atoms with Crippen molar-refractivity contribution < 1.29 is 24.2 Å². The van der Waals surface area contributed by atoms with Crippen molar-refractivity contribution in [2.24, 2.45) is 0 Å². The summed E-state index contributed by atoms with van der Waals surface area (Å²) < 4.78 is 10.1. The maximum atomic E-state index is 10.8. The molecular weight excluding hydrogens is 334 g/mol. The first kappa shape index (κ1) is 23.9. The van der Waals surface area contributed by atoms with E-state index >= 15 is 0 Å². The lowest BCUT2D eigenvalue weighted by molar-refractivity contribution is -0.137. The van der Waals surface area contributed by atoms with Gasteiger partial charge in [0.1, 0.15) is 5.75 Å². The van der Waals surface area contributed by atoms with Gasteiger partial charge in [0.25, 0.3) is 0 Å². The monoisotopic (exact) mass is 367 g/mol. The van der Waals surface area contributed by atoms with E-state index in [-0.39, 0.29) is 13.0 Å². The van der Waals surface area contributed by atoms with Crippen LogP contribution < -0.4 is 4.74 Å². The van der Waals surface area contributed by atoms with E-state index in [0.29, 0.717) is 6.54 Å². The van der Waals surface area contributed by atoms with Crippen LogP contribution in [0.15, 0.2) is 12.1 Å². The van der Waals surface area contributed by atoms with Crippen LogP contribution in [0.2, 0.25) is 0 Å². The molecule has 1 N–H and O–H groups in total. The molecule has 26 heavy (non-hydrogen) atoms. The Bertz CT molecular complexity index is 543. The van der Waals surface area contributed by atoms with Crippen molar-refractivity contribution in [2.45, 2.75) is 47.0 Å². The van der Waals surface area contributed by atoms with Crippen molar-refractivity contribution in [1.29, 1.82) is 0 Å². The number of ether oxygens (including phenoxy) is 2. The van der Waals surface area contributed by atoms with Gasteiger partial charge in [-0.2, -0.15) is 0 Å². The second-order valence-electron chi connectivity index (χ2n) is 5.60. The summed E-state index contributed by atoms with van der Waals surface area (Å²) in [6.45, 7) is 10.4. The van der Waals surface area contributed by atoms with Crippen LogP contribution in [-0.4, -0.2) is 55.8 Å². The van der Waals surface area contributed by atoms with Crippen LogP contribution in [-0.2, 0) is 27.2 Å². The average molecular weight is 367 g/mol. The number of methoxy groups -OCH3 is 1. The summed E-state index contributed by atoms with van der Waals surface area (Å²) in [5, 5.41) is 8.63. The van der Waals surface area contributed by atoms with E-state index in [0.717, 1.165) is 43.7 Å². The fourth-order valence-corrected chi connectivity index (χ4v) is 2.40. The number of carboxylic acids is 1. The number of aryl methyl sites for hydroxylation is 1. The van der Waals surface area contributed by atoms with Gasteiger partial charge in [0.15, 0.2) is 0 Å². The highest BCUT2D eigenvalue weighted by atomic mass is 16.5. The van der Waals surface area contributed by atoms with Crippen LogP contribution in [0.5, 0.6) is 5.75 Å². The maximum Gasteiger partial charge on any atom is 0.306 e. The van der Waals surface area contributed by atoms with Gasteiger partial charge in [0.2, 0.25) is 6.41 Å². The first-order valence-corrected chi connectivity index (χ1v) is 9.17. The summed E-state index contributed by atoms with van der Waals surface area (Å²) in [5.74, 6) is -0.122. The summed E-state index contributed by atoms with van der Waals surface area (Å²) in [6.07, 6.45) is 2.55. The Hall–Kier alpha value is -2.08. The van der Waals surface area contributed by atoms with Gasteiger partial charge in [0, 0.05) is 26.8 Å². The molecule has 1 amide bonds. The molecule has 1 heterocycles. The molecule has 6 heteroatoms. The van der Waals surface area contributed by atoms with E-state index in [1.54, 1.807) is 12.0 Å². The third kappa shape index (κ3) is 8.85. The molecule has 148 valence electrons. The summed E-state index contributed by atoms with van der Waals surface area (Å²) in [7, 11) is 1.68. The fourth-order valence-electron chi connectivity index (χ4n) is 2.40. The fraction of sp³-hybridized carbons (Fsp3) is 0.600. The molecule has 1 aromatic rings. The van der Waals surface area contributed by atoms with Gasteiger partial charge in [-0.3, -0.25) is 9.59 Å². The second-order valence-corrected chi connectivity index (χ2v) is 5.60. The van der Waals surface area contributed by atoms with Crippen molar-refractivity contribution in [2.75, 3.05) is 33.4 Å². The van der Waals surface area contributed by atoms with E-state index in [9.17, 15) is 9.59 Å². The van der Waals surface area contributed by atoms with E-state index in [2.05, 4.69) is 10.8 Å². The van der Waals surface area contributed by atoms with Gasteiger partial charge in [-0.25, -0.2) is 0 Å². The molecule has 0 radical (unpaired) electrons. The van der Waals surface area contributed by atoms with E-state index in [4.69, 9.17) is 9.84 Å².